The number of hydrogen-bond acceptors (Lipinski definition) is 4. The van der Waals surface area contributed by atoms with Crippen molar-refractivity contribution in [3.8, 4) is 0 Å². The summed E-state index contributed by atoms with van der Waals surface area (Å²) in [6.07, 6.45) is 19.2. The van der Waals surface area contributed by atoms with Crippen LogP contribution in [-0.4, -0.2) is 30.1 Å². The molecule has 0 aromatic carbocycles. The van der Waals surface area contributed by atoms with Crippen LogP contribution in [0.4, 0.5) is 0 Å². The lowest BCUT2D eigenvalue weighted by molar-refractivity contribution is -0.139. The van der Waals surface area contributed by atoms with Crippen molar-refractivity contribution in [3.05, 3.63) is 11.6 Å². The zero-order valence-corrected chi connectivity index (χ0v) is 17.9. The molecule has 0 saturated carbocycles. The number of rotatable bonds is 18. The van der Waals surface area contributed by atoms with Crippen LogP contribution in [0.25, 0.3) is 0 Å². The maximum absolute atomic E-state index is 11.6. The van der Waals surface area contributed by atoms with Gasteiger partial charge in [0.25, 0.3) is 0 Å². The minimum Gasteiger partial charge on any atom is -0.466 e. The third-order valence-electron chi connectivity index (χ3n) is 5.02. The number of aliphatic hydroxyl groups excluding tert-OH is 1. The highest BCUT2D eigenvalue weighted by atomic mass is 16.5. The van der Waals surface area contributed by atoms with Gasteiger partial charge in [-0.15, -0.1) is 0 Å². The van der Waals surface area contributed by atoms with Gasteiger partial charge in [0.15, 0.2) is 5.78 Å². The average molecular weight is 383 g/mol. The van der Waals surface area contributed by atoms with Gasteiger partial charge in [-0.1, -0.05) is 96.5 Å². The summed E-state index contributed by atoms with van der Waals surface area (Å²) in [5.74, 6) is -1.06. The van der Waals surface area contributed by atoms with E-state index in [1.807, 2.05) is 0 Å². The van der Waals surface area contributed by atoms with E-state index in [1.54, 1.807) is 6.08 Å². The molecule has 27 heavy (non-hydrogen) atoms. The van der Waals surface area contributed by atoms with E-state index in [4.69, 9.17) is 0 Å². The molecule has 0 aliphatic heterocycles. The van der Waals surface area contributed by atoms with E-state index in [2.05, 4.69) is 11.7 Å². The van der Waals surface area contributed by atoms with Crippen LogP contribution in [0.3, 0.4) is 0 Å². The van der Waals surface area contributed by atoms with E-state index in [0.717, 1.165) is 12.8 Å². The van der Waals surface area contributed by atoms with Crippen LogP contribution in [0.2, 0.25) is 0 Å². The first-order valence-corrected chi connectivity index (χ1v) is 11.0. The first-order chi connectivity index (χ1) is 13.0. The molecule has 0 aromatic heterocycles. The Morgan fingerprint density at radius 3 is 1.59 bits per heavy atom. The molecule has 0 fully saturated rings. The van der Waals surface area contributed by atoms with Crippen molar-refractivity contribution in [1.29, 1.82) is 0 Å². The first kappa shape index (κ1) is 25.8. The molecule has 0 saturated heterocycles. The molecular formula is C23H42O4. The smallest absolute Gasteiger partial charge is 0.336 e. The van der Waals surface area contributed by atoms with E-state index in [1.165, 1.54) is 91.1 Å². The molecule has 4 heteroatoms. The molecular weight excluding hydrogens is 340 g/mol. The largest absolute Gasteiger partial charge is 0.466 e. The summed E-state index contributed by atoms with van der Waals surface area (Å²) < 4.78 is 4.64. The molecule has 0 amide bonds. The normalized spacial score (nSPS) is 12.8. The summed E-state index contributed by atoms with van der Waals surface area (Å²) in [4.78, 5) is 22.9. The Bertz CT molecular complexity index is 415. The van der Waals surface area contributed by atoms with E-state index < -0.39 is 17.9 Å². The molecule has 0 heterocycles. The molecule has 0 spiro atoms. The number of ketones is 1. The van der Waals surface area contributed by atoms with Gasteiger partial charge in [0.05, 0.1) is 12.7 Å². The number of carbonyl (C=O) groups excluding carboxylic acids is 2. The van der Waals surface area contributed by atoms with Crippen molar-refractivity contribution in [3.63, 3.8) is 0 Å². The predicted octanol–water partition coefficient (Wildman–Crippen LogP) is 5.91. The quantitative estimate of drug-likeness (QED) is 0.182. The van der Waals surface area contributed by atoms with Gasteiger partial charge in [-0.2, -0.15) is 0 Å². The van der Waals surface area contributed by atoms with Crippen molar-refractivity contribution in [2.24, 2.45) is 0 Å². The molecule has 0 radical (unpaired) electrons. The first-order valence-electron chi connectivity index (χ1n) is 11.0. The Morgan fingerprint density at radius 1 is 0.815 bits per heavy atom. The van der Waals surface area contributed by atoms with Crippen molar-refractivity contribution >= 4 is 11.8 Å². The summed E-state index contributed by atoms with van der Waals surface area (Å²) in [5, 5.41) is 9.78. The van der Waals surface area contributed by atoms with Crippen LogP contribution in [0.5, 0.6) is 0 Å². The van der Waals surface area contributed by atoms with Crippen LogP contribution in [-0.2, 0) is 14.3 Å². The van der Waals surface area contributed by atoms with Gasteiger partial charge in [-0.05, 0) is 19.8 Å². The lowest BCUT2D eigenvalue weighted by Gasteiger charge is -2.10. The van der Waals surface area contributed by atoms with Gasteiger partial charge < -0.3 is 9.84 Å². The number of hydrogen-bond donors (Lipinski definition) is 1. The van der Waals surface area contributed by atoms with Gasteiger partial charge in [0.1, 0.15) is 6.10 Å². The Morgan fingerprint density at radius 2 is 1.22 bits per heavy atom. The molecule has 0 rings (SSSR count). The fraction of sp³-hybridized carbons (Fsp3) is 0.826. The Balaban J connectivity index is 3.62. The fourth-order valence-electron chi connectivity index (χ4n) is 3.24. The topological polar surface area (TPSA) is 63.6 Å². The fourth-order valence-corrected chi connectivity index (χ4v) is 3.24. The van der Waals surface area contributed by atoms with E-state index in [9.17, 15) is 14.7 Å². The van der Waals surface area contributed by atoms with E-state index in [0.29, 0.717) is 6.42 Å². The molecule has 0 aliphatic carbocycles. The second-order valence-corrected chi connectivity index (χ2v) is 7.55. The van der Waals surface area contributed by atoms with Gasteiger partial charge >= 0.3 is 5.97 Å². The summed E-state index contributed by atoms with van der Waals surface area (Å²) in [7, 11) is 1.26. The Kier molecular flexibility index (Phi) is 17.4. The second-order valence-electron chi connectivity index (χ2n) is 7.55. The number of esters is 1. The number of ether oxygens (including phenoxy) is 1. The number of unbranched alkanes of at least 4 members (excludes halogenated alkanes) is 14. The van der Waals surface area contributed by atoms with Crippen LogP contribution in [0.15, 0.2) is 11.6 Å². The number of Topliss-reactive ketones (excluding diaryl/α,β-unsaturated/α-hetero) is 1. The summed E-state index contributed by atoms with van der Waals surface area (Å²) in [5.41, 5.74) is 0.0692. The monoisotopic (exact) mass is 382 g/mol. The second kappa shape index (κ2) is 18.2. The molecule has 4 nitrogen and oxygen atoms in total. The molecule has 0 unspecified atom stereocenters. The highest BCUT2D eigenvalue weighted by Gasteiger charge is 2.22. The number of aliphatic hydroxyl groups is 1. The molecule has 0 aliphatic rings. The summed E-state index contributed by atoms with van der Waals surface area (Å²) in [6.45, 7) is 3.53. The predicted molar refractivity (Wildman–Crippen MR) is 112 cm³/mol. The summed E-state index contributed by atoms with van der Waals surface area (Å²) >= 11 is 0. The standard InChI is InChI=1S/C23H42O4/c1-4-5-6-7-8-9-10-11-12-13-14-15-16-17-18-19-21(23(26)27-3)22(25)20(2)24/h19,22,25H,4-18H2,1-3H3/b21-19+/t22-/m1/s1. The minimum absolute atomic E-state index is 0.0692. The zero-order chi connectivity index (χ0) is 20.3. The zero-order valence-electron chi connectivity index (χ0n) is 17.9. The lowest BCUT2D eigenvalue weighted by atomic mass is 10.0. The molecule has 0 aromatic rings. The van der Waals surface area contributed by atoms with Crippen LogP contribution < -0.4 is 0 Å². The third kappa shape index (κ3) is 14.6. The minimum atomic E-state index is -1.37. The van der Waals surface area contributed by atoms with E-state index in [-0.39, 0.29) is 5.57 Å². The molecule has 1 N–H and O–H groups in total. The van der Waals surface area contributed by atoms with Crippen molar-refractivity contribution < 1.29 is 19.4 Å². The Labute approximate surface area is 166 Å². The number of methoxy groups -OCH3 is 1. The summed E-state index contributed by atoms with van der Waals surface area (Å²) in [6, 6.07) is 0. The van der Waals surface area contributed by atoms with Crippen molar-refractivity contribution in [1.82, 2.24) is 0 Å². The van der Waals surface area contributed by atoms with Crippen LogP contribution in [0, 0.1) is 0 Å². The SMILES string of the molecule is CCCCCCCCCCCCCCCC/C=C(/C(=O)OC)[C@H](O)C(C)=O. The molecule has 0 bridgehead atoms. The van der Waals surface area contributed by atoms with Crippen molar-refractivity contribution in [2.45, 2.75) is 116 Å². The molecule has 158 valence electrons. The highest BCUT2D eigenvalue weighted by Crippen LogP contribution is 2.14. The third-order valence-corrected chi connectivity index (χ3v) is 5.02. The van der Waals surface area contributed by atoms with Crippen LogP contribution in [0.1, 0.15) is 110 Å². The number of allylic oxidation sites excluding steroid dienone is 1. The average Bonchev–Trinajstić information content (AvgIpc) is 2.66. The highest BCUT2D eigenvalue weighted by molar-refractivity contribution is 5.98. The molecule has 1 atom stereocenters. The van der Waals surface area contributed by atoms with Gasteiger partial charge in [-0.25, -0.2) is 4.79 Å². The number of carbonyl (C=O) groups is 2. The van der Waals surface area contributed by atoms with Crippen molar-refractivity contribution in [2.75, 3.05) is 7.11 Å². The van der Waals surface area contributed by atoms with Gasteiger partial charge in [0.2, 0.25) is 0 Å². The lowest BCUT2D eigenvalue weighted by Crippen LogP contribution is -2.25. The maximum Gasteiger partial charge on any atom is 0.336 e. The van der Waals surface area contributed by atoms with E-state index >= 15 is 0 Å². The van der Waals surface area contributed by atoms with Gasteiger partial charge in [0, 0.05) is 0 Å². The van der Waals surface area contributed by atoms with Gasteiger partial charge in [-0.3, -0.25) is 4.79 Å². The Hall–Kier alpha value is -1.16. The maximum atomic E-state index is 11.6. The van der Waals surface area contributed by atoms with Crippen LogP contribution >= 0.6 is 0 Å².